The van der Waals surface area contributed by atoms with Crippen LogP contribution in [0, 0.1) is 0 Å². The monoisotopic (exact) mass is 214 g/mol. The van der Waals surface area contributed by atoms with Gasteiger partial charge in [-0.05, 0) is 39.7 Å². The molecule has 1 saturated heterocycles. The van der Waals surface area contributed by atoms with Gasteiger partial charge in [-0.3, -0.25) is 4.90 Å². The van der Waals surface area contributed by atoms with Gasteiger partial charge in [0, 0.05) is 38.9 Å². The Hall–Kier alpha value is -0.120. The molecule has 0 bridgehead atoms. The molecule has 0 radical (unpaired) electrons. The molecule has 0 amide bonds. The molecule has 1 aliphatic heterocycles. The number of likely N-dealkylation sites (tertiary alicyclic amines) is 1. The lowest BCUT2D eigenvalue weighted by atomic mass is 10.2. The van der Waals surface area contributed by atoms with Crippen LogP contribution < -0.4 is 5.32 Å². The first-order valence-electron chi connectivity index (χ1n) is 6.20. The highest BCUT2D eigenvalue weighted by atomic mass is 16.5. The summed E-state index contributed by atoms with van der Waals surface area (Å²) < 4.78 is 5.06. The van der Waals surface area contributed by atoms with Crippen LogP contribution in [0.4, 0.5) is 0 Å². The summed E-state index contributed by atoms with van der Waals surface area (Å²) >= 11 is 0. The highest BCUT2D eigenvalue weighted by Gasteiger charge is 2.19. The van der Waals surface area contributed by atoms with Gasteiger partial charge < -0.3 is 10.1 Å². The van der Waals surface area contributed by atoms with Crippen molar-refractivity contribution in [1.29, 1.82) is 0 Å². The number of methoxy groups -OCH3 is 1. The van der Waals surface area contributed by atoms with Crippen molar-refractivity contribution in [2.24, 2.45) is 0 Å². The van der Waals surface area contributed by atoms with E-state index in [4.69, 9.17) is 4.74 Å². The summed E-state index contributed by atoms with van der Waals surface area (Å²) in [6.07, 6.45) is 3.85. The molecule has 90 valence electrons. The van der Waals surface area contributed by atoms with Crippen LogP contribution in [-0.2, 0) is 4.74 Å². The molecule has 0 aromatic rings. The third-order valence-electron chi connectivity index (χ3n) is 3.34. The first kappa shape index (κ1) is 12.9. The van der Waals surface area contributed by atoms with Crippen molar-refractivity contribution in [2.75, 3.05) is 33.4 Å². The molecular weight excluding hydrogens is 188 g/mol. The fourth-order valence-electron chi connectivity index (χ4n) is 2.18. The van der Waals surface area contributed by atoms with E-state index >= 15 is 0 Å². The Bertz CT molecular complexity index is 164. The Kier molecular flexibility index (Phi) is 6.22. The lowest BCUT2D eigenvalue weighted by Crippen LogP contribution is -2.37. The smallest absolute Gasteiger partial charge is 0.0476 e. The molecule has 3 heteroatoms. The molecule has 1 N–H and O–H groups in total. The zero-order valence-corrected chi connectivity index (χ0v) is 10.5. The lowest BCUT2D eigenvalue weighted by Gasteiger charge is -2.22. The molecule has 0 aromatic carbocycles. The largest absolute Gasteiger partial charge is 0.385 e. The molecule has 0 spiro atoms. The van der Waals surface area contributed by atoms with E-state index in [1.807, 2.05) is 0 Å². The Balaban J connectivity index is 2.00. The van der Waals surface area contributed by atoms with Gasteiger partial charge in [0.2, 0.25) is 0 Å². The predicted octanol–water partition coefficient (Wildman–Crippen LogP) is 1.49. The number of hydrogen-bond acceptors (Lipinski definition) is 3. The van der Waals surface area contributed by atoms with Crippen LogP contribution in [0.25, 0.3) is 0 Å². The lowest BCUT2D eigenvalue weighted by molar-refractivity contribution is 0.183. The van der Waals surface area contributed by atoms with Crippen molar-refractivity contribution in [3.05, 3.63) is 0 Å². The summed E-state index contributed by atoms with van der Waals surface area (Å²) in [6, 6.07) is 1.36. The summed E-state index contributed by atoms with van der Waals surface area (Å²) in [7, 11) is 1.76. The SMILES string of the molecule is COCCC(C)NCCN1CCCC1C. The van der Waals surface area contributed by atoms with E-state index in [0.717, 1.165) is 25.6 Å². The fourth-order valence-corrected chi connectivity index (χ4v) is 2.18. The maximum absolute atomic E-state index is 5.06. The molecule has 1 fully saturated rings. The Morgan fingerprint density at radius 1 is 1.53 bits per heavy atom. The van der Waals surface area contributed by atoms with Crippen molar-refractivity contribution in [1.82, 2.24) is 10.2 Å². The molecule has 15 heavy (non-hydrogen) atoms. The van der Waals surface area contributed by atoms with Gasteiger partial charge in [0.05, 0.1) is 0 Å². The summed E-state index contributed by atoms with van der Waals surface area (Å²) in [5.41, 5.74) is 0. The second-order valence-electron chi connectivity index (χ2n) is 4.66. The number of rotatable bonds is 7. The van der Waals surface area contributed by atoms with Crippen LogP contribution in [0.1, 0.15) is 33.1 Å². The molecule has 0 saturated carbocycles. The van der Waals surface area contributed by atoms with Gasteiger partial charge >= 0.3 is 0 Å². The third kappa shape index (κ3) is 4.96. The van der Waals surface area contributed by atoms with Gasteiger partial charge in [-0.25, -0.2) is 0 Å². The van der Waals surface area contributed by atoms with E-state index in [1.165, 1.54) is 25.9 Å². The minimum Gasteiger partial charge on any atom is -0.385 e. The van der Waals surface area contributed by atoms with Crippen LogP contribution in [0.5, 0.6) is 0 Å². The second-order valence-corrected chi connectivity index (χ2v) is 4.66. The quantitative estimate of drug-likeness (QED) is 0.695. The zero-order valence-electron chi connectivity index (χ0n) is 10.5. The first-order valence-corrected chi connectivity index (χ1v) is 6.20. The van der Waals surface area contributed by atoms with Crippen LogP contribution in [0.15, 0.2) is 0 Å². The van der Waals surface area contributed by atoms with Crippen LogP contribution in [0.3, 0.4) is 0 Å². The number of nitrogens with one attached hydrogen (secondary N) is 1. The van der Waals surface area contributed by atoms with Crippen molar-refractivity contribution in [2.45, 2.75) is 45.2 Å². The predicted molar refractivity (Wildman–Crippen MR) is 64.2 cm³/mol. The van der Waals surface area contributed by atoms with Gasteiger partial charge in [-0.1, -0.05) is 0 Å². The van der Waals surface area contributed by atoms with E-state index in [-0.39, 0.29) is 0 Å². The summed E-state index contributed by atoms with van der Waals surface area (Å²) in [4.78, 5) is 2.58. The van der Waals surface area contributed by atoms with Gasteiger partial charge in [0.1, 0.15) is 0 Å². The van der Waals surface area contributed by atoms with E-state index in [9.17, 15) is 0 Å². The number of nitrogens with zero attached hydrogens (tertiary/aromatic N) is 1. The molecule has 2 unspecified atom stereocenters. The molecular formula is C12H26N2O. The van der Waals surface area contributed by atoms with Gasteiger partial charge in [0.15, 0.2) is 0 Å². The Morgan fingerprint density at radius 3 is 2.93 bits per heavy atom. The van der Waals surface area contributed by atoms with Crippen LogP contribution in [-0.4, -0.2) is 50.3 Å². The van der Waals surface area contributed by atoms with Crippen molar-refractivity contribution in [3.63, 3.8) is 0 Å². The average molecular weight is 214 g/mol. The number of ether oxygens (including phenoxy) is 1. The summed E-state index contributed by atoms with van der Waals surface area (Å²) in [6.45, 7) is 9.01. The molecule has 1 rings (SSSR count). The van der Waals surface area contributed by atoms with Crippen molar-refractivity contribution >= 4 is 0 Å². The van der Waals surface area contributed by atoms with Crippen molar-refractivity contribution < 1.29 is 4.74 Å². The van der Waals surface area contributed by atoms with Crippen molar-refractivity contribution in [3.8, 4) is 0 Å². The molecule has 0 aromatic heterocycles. The third-order valence-corrected chi connectivity index (χ3v) is 3.34. The fraction of sp³-hybridized carbons (Fsp3) is 1.00. The first-order chi connectivity index (χ1) is 7.24. The van der Waals surface area contributed by atoms with E-state index in [1.54, 1.807) is 7.11 Å². The van der Waals surface area contributed by atoms with E-state index in [0.29, 0.717) is 6.04 Å². The molecule has 0 aliphatic carbocycles. The van der Waals surface area contributed by atoms with Crippen LogP contribution in [0.2, 0.25) is 0 Å². The topological polar surface area (TPSA) is 24.5 Å². The Morgan fingerprint density at radius 2 is 2.33 bits per heavy atom. The van der Waals surface area contributed by atoms with Gasteiger partial charge in [-0.2, -0.15) is 0 Å². The van der Waals surface area contributed by atoms with Gasteiger partial charge in [0.25, 0.3) is 0 Å². The molecule has 3 nitrogen and oxygen atoms in total. The second kappa shape index (κ2) is 7.20. The summed E-state index contributed by atoms with van der Waals surface area (Å²) in [5, 5.41) is 3.54. The highest BCUT2D eigenvalue weighted by Crippen LogP contribution is 2.14. The van der Waals surface area contributed by atoms with E-state index in [2.05, 4.69) is 24.1 Å². The standard InChI is InChI=1S/C12H26N2O/c1-11(6-10-15-3)13-7-9-14-8-4-5-12(14)2/h11-13H,4-10H2,1-3H3. The normalized spacial score (nSPS) is 24.6. The minimum absolute atomic E-state index is 0.572. The van der Waals surface area contributed by atoms with E-state index < -0.39 is 0 Å². The number of hydrogen-bond donors (Lipinski definition) is 1. The molecule has 1 aliphatic rings. The minimum atomic E-state index is 0.572. The zero-order chi connectivity index (χ0) is 11.1. The maximum atomic E-state index is 5.06. The molecule has 1 heterocycles. The average Bonchev–Trinajstić information content (AvgIpc) is 2.61. The maximum Gasteiger partial charge on any atom is 0.0476 e. The van der Waals surface area contributed by atoms with Gasteiger partial charge in [-0.15, -0.1) is 0 Å². The summed E-state index contributed by atoms with van der Waals surface area (Å²) in [5.74, 6) is 0. The Labute approximate surface area is 94.2 Å². The van der Waals surface area contributed by atoms with Crippen LogP contribution >= 0.6 is 0 Å². The molecule has 2 atom stereocenters. The highest BCUT2D eigenvalue weighted by molar-refractivity contribution is 4.75.